The van der Waals surface area contributed by atoms with Crippen LogP contribution in [0.2, 0.25) is 0 Å². The molecule has 98 heavy (non-hydrogen) atoms. The van der Waals surface area contributed by atoms with Crippen LogP contribution in [-0.2, 0) is 60.9 Å². The molecule has 2 aliphatic heterocycles. The van der Waals surface area contributed by atoms with Crippen molar-refractivity contribution in [2.24, 2.45) is 29.4 Å². The molecule has 0 unspecified atom stereocenters. The molecule has 2 aliphatic rings. The number of nitrogens with one attached hydrogen (secondary N) is 8. The van der Waals surface area contributed by atoms with Crippen LogP contribution in [-0.4, -0.2) is 166 Å². The third-order valence-corrected chi connectivity index (χ3v) is 18.5. The summed E-state index contributed by atoms with van der Waals surface area (Å²) in [6.07, 6.45) is 8.36. The largest absolute Gasteiger partial charge is 0.508 e. The van der Waals surface area contributed by atoms with Gasteiger partial charge in [0.15, 0.2) is 0 Å². The van der Waals surface area contributed by atoms with E-state index >= 15 is 0 Å². The number of likely N-dealkylation sites (N-methyl/N-ethyl adjacent to an activating group) is 1. The number of carbonyl (C=O) groups is 11. The van der Waals surface area contributed by atoms with Gasteiger partial charge in [0, 0.05) is 80.3 Å². The number of amides is 12. The van der Waals surface area contributed by atoms with Gasteiger partial charge in [-0.25, -0.2) is 20.0 Å². The summed E-state index contributed by atoms with van der Waals surface area (Å²) in [7, 11) is 1.95. The number of nitrogens with zero attached hydrogens (tertiary/aromatic N) is 4. The number of aromatic hydroxyl groups is 1. The second-order valence-corrected chi connectivity index (χ2v) is 27.1. The number of imide groups is 1. The summed E-state index contributed by atoms with van der Waals surface area (Å²) in [5, 5.41) is 29.3. The lowest BCUT2D eigenvalue weighted by molar-refractivity contribution is -0.143. The second-order valence-electron chi connectivity index (χ2n) is 26.2. The molecule has 540 valence electrons. The second kappa shape index (κ2) is 41.0. The number of carbonyl (C=O) groups excluding carboxylic acids is 11. The van der Waals surface area contributed by atoms with E-state index in [0.29, 0.717) is 74.4 Å². The Labute approximate surface area is 580 Å². The Balaban J connectivity index is 1.17. The van der Waals surface area contributed by atoms with Crippen molar-refractivity contribution in [1.82, 2.24) is 57.1 Å². The van der Waals surface area contributed by atoms with Gasteiger partial charge in [-0.1, -0.05) is 106 Å². The van der Waals surface area contributed by atoms with Gasteiger partial charge in [-0.3, -0.25) is 58.4 Å². The van der Waals surface area contributed by atoms with Gasteiger partial charge in [-0.2, -0.15) is 0 Å². The standard InChI is InChI=1S/C70H105N13O14S/c1-11-34-82(68(93)61(45(8)13-3)78-65(91)54-21-16-18-35-81(54)10)55(43(4)5)40-56(96-37-12-2)67-76-53(42-98-67)64(90)74-50(39-47-25-29-51(84)30-26-47)38-46(9)62(88)79-80-70(95)97-41-48-23-27-49(28-24-48)73-63(89)52(20-19-33-72-69(71)94)75-66(92)60(44(6)7)77-57(85)22-15-14-17-36-83-58(86)31-32-59(83)87/h23-32,42-46,50,52,54-56,60-61,84H,11-22,33-41H2,1-10H3,(H,73,89)(H,74,90)(H,75,92)(H,77,85)(H,78,91)(H,79,88)(H,80,95)(H3,71,72,94)/t45-,46-,50+,52-,54+,55+,56+,60-,61-/m0/s1. The van der Waals surface area contributed by atoms with Gasteiger partial charge in [0.2, 0.25) is 35.4 Å². The zero-order valence-corrected chi connectivity index (χ0v) is 59.4. The molecule has 0 spiro atoms. The fraction of sp³-hybridized carbons (Fsp3) is 0.600. The Morgan fingerprint density at radius 1 is 0.765 bits per heavy atom. The summed E-state index contributed by atoms with van der Waals surface area (Å²) in [6, 6.07) is 7.93. The van der Waals surface area contributed by atoms with Crippen molar-refractivity contribution < 1.29 is 67.3 Å². The molecule has 0 aliphatic carbocycles. The molecule has 5 rings (SSSR count). The van der Waals surface area contributed by atoms with E-state index in [2.05, 4.69) is 61.5 Å². The maximum Gasteiger partial charge on any atom is 0.426 e. The predicted molar refractivity (Wildman–Crippen MR) is 371 cm³/mol. The number of likely N-dealkylation sites (tertiary alicyclic amines) is 1. The molecule has 1 aromatic heterocycles. The number of piperidine rings is 1. The molecule has 12 amide bonds. The van der Waals surface area contributed by atoms with Crippen molar-refractivity contribution in [3.8, 4) is 5.75 Å². The topological polar surface area (TPSA) is 371 Å². The Morgan fingerprint density at radius 2 is 1.46 bits per heavy atom. The van der Waals surface area contributed by atoms with Crippen molar-refractivity contribution in [1.29, 1.82) is 0 Å². The third kappa shape index (κ3) is 26.1. The number of hydrogen-bond donors (Lipinski definition) is 10. The first-order valence-electron chi connectivity index (χ1n) is 34.5. The summed E-state index contributed by atoms with van der Waals surface area (Å²) in [5.74, 6) is -4.92. The highest BCUT2D eigenvalue weighted by Gasteiger charge is 2.39. The molecule has 28 heteroatoms. The first-order valence-corrected chi connectivity index (χ1v) is 35.4. The third-order valence-electron chi connectivity index (χ3n) is 17.5. The van der Waals surface area contributed by atoms with Crippen molar-refractivity contribution in [2.75, 3.05) is 45.2 Å². The van der Waals surface area contributed by atoms with Gasteiger partial charge in [-0.05, 0) is 131 Å². The number of urea groups is 1. The SMILES string of the molecule is CCCO[C@H](C[C@H](C(C)C)N(CCC)C(=O)[C@@H](NC(=O)[C@H]1CCCCN1C)[C@@H](C)CC)c1nc(C(=O)N[C@@H](Cc2ccc(O)cc2)C[C@H](C)C(=O)NNC(=O)OCc2ccc(NC(=O)[C@H](CCCNC(N)=O)NC(=O)[C@@H](NC(=O)CCCCCN3C(=O)C=CC3=O)C(C)C)cc2)cs1. The molecule has 3 aromatic rings. The Morgan fingerprint density at radius 3 is 2.09 bits per heavy atom. The minimum absolute atomic E-state index is 0.0155. The zero-order valence-electron chi connectivity index (χ0n) is 58.6. The number of primary amides is 1. The number of hydrazine groups is 1. The Kier molecular flexibility index (Phi) is 33.6. The lowest BCUT2D eigenvalue weighted by Crippen LogP contribution is -2.58. The average Bonchev–Trinajstić information content (AvgIpc) is 1.13. The highest BCUT2D eigenvalue weighted by atomic mass is 32.1. The number of benzene rings is 2. The summed E-state index contributed by atoms with van der Waals surface area (Å²) >= 11 is 1.28. The quantitative estimate of drug-likeness (QED) is 0.0159. The highest BCUT2D eigenvalue weighted by molar-refractivity contribution is 7.09. The van der Waals surface area contributed by atoms with Crippen LogP contribution in [0.5, 0.6) is 5.75 Å². The summed E-state index contributed by atoms with van der Waals surface area (Å²) in [6.45, 7) is 19.1. The van der Waals surface area contributed by atoms with Crippen LogP contribution < -0.4 is 48.5 Å². The summed E-state index contributed by atoms with van der Waals surface area (Å²) in [5.41, 5.74) is 11.6. The fourth-order valence-electron chi connectivity index (χ4n) is 11.7. The van der Waals surface area contributed by atoms with E-state index in [1.165, 1.54) is 35.6 Å². The summed E-state index contributed by atoms with van der Waals surface area (Å²) in [4.78, 5) is 155. The summed E-state index contributed by atoms with van der Waals surface area (Å²) < 4.78 is 11.9. The number of thiazole rings is 1. The van der Waals surface area contributed by atoms with Gasteiger partial charge < -0.3 is 57.1 Å². The van der Waals surface area contributed by atoms with Gasteiger partial charge in [0.25, 0.3) is 17.7 Å². The van der Waals surface area contributed by atoms with Crippen LogP contribution in [0.25, 0.3) is 0 Å². The van der Waals surface area contributed by atoms with Crippen molar-refractivity contribution >= 4 is 82.3 Å². The molecule has 0 saturated carbocycles. The molecule has 0 bridgehead atoms. The number of rotatable bonds is 40. The van der Waals surface area contributed by atoms with Crippen LogP contribution in [0.1, 0.15) is 185 Å². The van der Waals surface area contributed by atoms with Crippen LogP contribution in [0, 0.1) is 23.7 Å². The minimum atomic E-state index is -1.11. The average molecular weight is 1380 g/mol. The number of nitrogens with two attached hydrogens (primary N) is 1. The molecule has 2 aromatic carbocycles. The van der Waals surface area contributed by atoms with E-state index in [4.69, 9.17) is 20.2 Å². The monoisotopic (exact) mass is 1380 g/mol. The lowest BCUT2D eigenvalue weighted by atomic mass is 9.92. The zero-order chi connectivity index (χ0) is 72.0. The van der Waals surface area contributed by atoms with E-state index in [1.807, 2.05) is 39.6 Å². The Bertz CT molecular complexity index is 3150. The van der Waals surface area contributed by atoms with E-state index in [1.54, 1.807) is 62.5 Å². The molecule has 27 nitrogen and oxygen atoms in total. The molecule has 1 fully saturated rings. The predicted octanol–water partition coefficient (Wildman–Crippen LogP) is 6.81. The minimum Gasteiger partial charge on any atom is -0.508 e. The van der Waals surface area contributed by atoms with Crippen molar-refractivity contribution in [3.05, 3.63) is 87.9 Å². The lowest BCUT2D eigenvalue weighted by Gasteiger charge is -2.40. The maximum atomic E-state index is 14.9. The van der Waals surface area contributed by atoms with Crippen molar-refractivity contribution in [3.63, 3.8) is 0 Å². The number of phenolic OH excluding ortho intramolecular Hbond substituents is 1. The van der Waals surface area contributed by atoms with Gasteiger partial charge in [0.1, 0.15) is 47.3 Å². The van der Waals surface area contributed by atoms with Crippen LogP contribution in [0.15, 0.2) is 66.1 Å². The number of hydrogen-bond acceptors (Lipinski definition) is 17. The van der Waals surface area contributed by atoms with Gasteiger partial charge in [0.05, 0.1) is 6.04 Å². The van der Waals surface area contributed by atoms with Gasteiger partial charge in [-0.15, -0.1) is 11.3 Å². The van der Waals surface area contributed by atoms with Crippen molar-refractivity contribution in [2.45, 2.75) is 208 Å². The molecule has 11 N–H and O–H groups in total. The van der Waals surface area contributed by atoms with Crippen LogP contribution >= 0.6 is 11.3 Å². The number of phenols is 1. The van der Waals surface area contributed by atoms with Gasteiger partial charge >= 0.3 is 12.1 Å². The first kappa shape index (κ1) is 80.2. The van der Waals surface area contributed by atoms with E-state index in [-0.39, 0.29) is 117 Å². The van der Waals surface area contributed by atoms with E-state index in [0.717, 1.165) is 36.3 Å². The molecular weight excluding hydrogens is 1280 g/mol. The number of anilines is 1. The highest BCUT2D eigenvalue weighted by Crippen LogP contribution is 2.32. The number of ether oxygens (including phenoxy) is 2. The van der Waals surface area contributed by atoms with E-state index < -0.39 is 77.8 Å². The number of unbranched alkanes of at least 4 members (excludes halogenated alkanes) is 2. The molecular formula is C70H105N13O14S. The smallest absolute Gasteiger partial charge is 0.426 e. The van der Waals surface area contributed by atoms with E-state index in [9.17, 15) is 57.8 Å². The first-order chi connectivity index (χ1) is 46.7. The maximum absolute atomic E-state index is 14.9. The normalized spacial score (nSPS) is 16.4. The fourth-order valence-corrected chi connectivity index (χ4v) is 12.5. The molecule has 3 heterocycles. The molecule has 0 radical (unpaired) electrons. The molecule has 9 atom stereocenters. The Hall–Kier alpha value is -8.50. The number of aromatic nitrogens is 1. The molecule has 1 saturated heterocycles. The van der Waals surface area contributed by atoms with Crippen LogP contribution in [0.4, 0.5) is 15.3 Å². The van der Waals surface area contributed by atoms with Crippen LogP contribution in [0.3, 0.4) is 0 Å².